The zero-order chi connectivity index (χ0) is 26.6. The van der Waals surface area contributed by atoms with E-state index in [0.29, 0.717) is 4.90 Å². The Morgan fingerprint density at radius 2 is 1.54 bits per heavy atom. The summed E-state index contributed by atoms with van der Waals surface area (Å²) in [7, 11) is 1.09. The molecule has 3 amide bonds. The van der Waals surface area contributed by atoms with Crippen LogP contribution in [0.4, 0.5) is 9.59 Å². The molecule has 11 nitrogen and oxygen atoms in total. The molecule has 1 aliphatic rings. The second-order valence-electron chi connectivity index (χ2n) is 9.90. The number of nitrogens with one attached hydrogen (secondary N) is 1. The summed E-state index contributed by atoms with van der Waals surface area (Å²) < 4.78 is 20.7. The van der Waals surface area contributed by atoms with Crippen molar-refractivity contribution in [2.75, 3.05) is 7.11 Å². The van der Waals surface area contributed by atoms with E-state index >= 15 is 0 Å². The molecular formula is C24H32N2O9. The van der Waals surface area contributed by atoms with Crippen LogP contribution in [0, 0.1) is 0 Å². The number of carbonyl (C=O) groups is 5. The van der Waals surface area contributed by atoms with Crippen LogP contribution in [-0.4, -0.2) is 71.4 Å². The van der Waals surface area contributed by atoms with Gasteiger partial charge in [0.15, 0.2) is 12.1 Å². The van der Waals surface area contributed by atoms with E-state index in [1.807, 2.05) is 0 Å². The number of carbonyl (C=O) groups excluding carboxylic acids is 5. The van der Waals surface area contributed by atoms with Gasteiger partial charge in [0.2, 0.25) is 0 Å². The Balaban J connectivity index is 2.38. The van der Waals surface area contributed by atoms with Gasteiger partial charge in [-0.15, -0.1) is 0 Å². The Kier molecular flexibility index (Phi) is 8.48. The first kappa shape index (κ1) is 27.6. The quantitative estimate of drug-likeness (QED) is 0.486. The normalized spacial score (nSPS) is 18.9. The van der Waals surface area contributed by atoms with Crippen molar-refractivity contribution < 1.29 is 42.9 Å². The third-order valence-corrected chi connectivity index (χ3v) is 4.66. The van der Waals surface area contributed by atoms with Gasteiger partial charge in [-0.2, -0.15) is 0 Å². The molecule has 3 atom stereocenters. The van der Waals surface area contributed by atoms with Gasteiger partial charge >= 0.3 is 24.1 Å². The Morgan fingerprint density at radius 1 is 0.971 bits per heavy atom. The molecule has 11 heteroatoms. The lowest BCUT2D eigenvalue weighted by Gasteiger charge is -2.31. The number of likely N-dealkylation sites (tertiary alicyclic amines) is 1. The average molecular weight is 493 g/mol. The molecule has 0 spiro atoms. The van der Waals surface area contributed by atoms with Gasteiger partial charge in [0.05, 0.1) is 18.7 Å². The van der Waals surface area contributed by atoms with Gasteiger partial charge in [-0.25, -0.2) is 24.1 Å². The van der Waals surface area contributed by atoms with Crippen LogP contribution < -0.4 is 5.32 Å². The largest absolute Gasteiger partial charge is 0.467 e. The molecule has 1 fully saturated rings. The fourth-order valence-corrected chi connectivity index (χ4v) is 3.31. The van der Waals surface area contributed by atoms with Crippen LogP contribution in [0.5, 0.6) is 0 Å². The van der Waals surface area contributed by atoms with Gasteiger partial charge in [0, 0.05) is 6.42 Å². The van der Waals surface area contributed by atoms with Crippen molar-refractivity contribution in [1.29, 1.82) is 0 Å². The summed E-state index contributed by atoms with van der Waals surface area (Å²) in [5.41, 5.74) is -1.65. The molecule has 1 saturated heterocycles. The fraction of sp³-hybridized carbons (Fsp3) is 0.542. The van der Waals surface area contributed by atoms with Crippen LogP contribution in [0.3, 0.4) is 0 Å². The number of ether oxygens (including phenoxy) is 4. The standard InChI is InChI=1S/C24H32N2O9/c1-23(2,3)34-21(30)25-17(20(29)32-7)15-13-16(33-19(28)14-11-9-8-10-12-14)18(27)26(15)22(31)35-24(4,5)6/h8-12,15-17H,13H2,1-7H3,(H,25,30)/t15-,16-,17-/m1/s1. The van der Waals surface area contributed by atoms with Gasteiger partial charge < -0.3 is 24.3 Å². The first-order valence-corrected chi connectivity index (χ1v) is 11.0. The number of hydrogen-bond donors (Lipinski definition) is 1. The lowest BCUT2D eigenvalue weighted by atomic mass is 10.0. The summed E-state index contributed by atoms with van der Waals surface area (Å²) in [5, 5.41) is 2.36. The highest BCUT2D eigenvalue weighted by Crippen LogP contribution is 2.28. The number of alkyl carbamates (subject to hydrolysis) is 1. The summed E-state index contributed by atoms with van der Waals surface area (Å²) in [5.74, 6) is -2.62. The number of imide groups is 1. The van der Waals surface area contributed by atoms with Gasteiger partial charge in [0.25, 0.3) is 5.91 Å². The summed E-state index contributed by atoms with van der Waals surface area (Å²) in [6, 6.07) is 5.19. The van der Waals surface area contributed by atoms with Crippen LogP contribution >= 0.6 is 0 Å². The van der Waals surface area contributed by atoms with Gasteiger partial charge in [-0.1, -0.05) is 18.2 Å². The Labute approximate surface area is 204 Å². The highest BCUT2D eigenvalue weighted by atomic mass is 16.6. The highest BCUT2D eigenvalue weighted by molar-refractivity contribution is 6.00. The number of benzene rings is 1. The van der Waals surface area contributed by atoms with E-state index in [2.05, 4.69) is 5.32 Å². The van der Waals surface area contributed by atoms with Crippen LogP contribution in [-0.2, 0) is 28.5 Å². The SMILES string of the molecule is COC(=O)[C@H](NC(=O)OC(C)(C)C)[C@H]1C[C@@H](OC(=O)c2ccccc2)C(=O)N1C(=O)OC(C)(C)C. The molecule has 0 saturated carbocycles. The lowest BCUT2D eigenvalue weighted by molar-refractivity contribution is -0.145. The summed E-state index contributed by atoms with van der Waals surface area (Å²) in [4.78, 5) is 64.4. The maximum Gasteiger partial charge on any atom is 0.417 e. The maximum atomic E-state index is 13.2. The van der Waals surface area contributed by atoms with Crippen molar-refractivity contribution in [1.82, 2.24) is 10.2 Å². The molecule has 1 aromatic rings. The molecule has 1 aliphatic heterocycles. The number of nitrogens with zero attached hydrogens (tertiary/aromatic N) is 1. The Morgan fingerprint density at radius 3 is 2.06 bits per heavy atom. The lowest BCUT2D eigenvalue weighted by Crippen LogP contribution is -2.57. The second kappa shape index (κ2) is 10.7. The Bertz CT molecular complexity index is 963. The van der Waals surface area contributed by atoms with Crippen LogP contribution in [0.25, 0.3) is 0 Å². The molecule has 35 heavy (non-hydrogen) atoms. The van der Waals surface area contributed by atoms with E-state index in [0.717, 1.165) is 7.11 Å². The molecule has 0 bridgehead atoms. The van der Waals surface area contributed by atoms with E-state index < -0.39 is 59.4 Å². The van der Waals surface area contributed by atoms with E-state index in [9.17, 15) is 24.0 Å². The molecule has 0 unspecified atom stereocenters. The number of methoxy groups -OCH3 is 1. The topological polar surface area (TPSA) is 138 Å². The van der Waals surface area contributed by atoms with E-state index in [4.69, 9.17) is 18.9 Å². The van der Waals surface area contributed by atoms with E-state index in [-0.39, 0.29) is 12.0 Å². The van der Waals surface area contributed by atoms with Crippen molar-refractivity contribution in [2.45, 2.75) is 77.4 Å². The number of esters is 2. The number of hydrogen-bond acceptors (Lipinski definition) is 9. The highest BCUT2D eigenvalue weighted by Gasteiger charge is 2.52. The molecule has 192 valence electrons. The first-order valence-electron chi connectivity index (χ1n) is 11.0. The minimum absolute atomic E-state index is 0.198. The Hall–Kier alpha value is -3.63. The zero-order valence-corrected chi connectivity index (χ0v) is 20.9. The van der Waals surface area contributed by atoms with Crippen LogP contribution in [0.15, 0.2) is 30.3 Å². The minimum Gasteiger partial charge on any atom is -0.467 e. The van der Waals surface area contributed by atoms with Gasteiger partial charge in [0.1, 0.15) is 11.2 Å². The van der Waals surface area contributed by atoms with Crippen molar-refractivity contribution >= 4 is 30.0 Å². The van der Waals surface area contributed by atoms with E-state index in [1.165, 1.54) is 12.1 Å². The molecule has 1 heterocycles. The fourth-order valence-electron chi connectivity index (χ4n) is 3.31. The third-order valence-electron chi connectivity index (χ3n) is 4.66. The molecule has 0 aliphatic carbocycles. The third kappa shape index (κ3) is 7.69. The minimum atomic E-state index is -1.51. The predicted molar refractivity (Wildman–Crippen MR) is 122 cm³/mol. The predicted octanol–water partition coefficient (Wildman–Crippen LogP) is 2.81. The molecule has 0 aromatic heterocycles. The zero-order valence-electron chi connectivity index (χ0n) is 20.9. The van der Waals surface area contributed by atoms with Gasteiger partial charge in [-0.3, -0.25) is 4.79 Å². The summed E-state index contributed by atoms with van der Waals surface area (Å²) >= 11 is 0. The van der Waals surface area contributed by atoms with Crippen molar-refractivity contribution in [3.05, 3.63) is 35.9 Å². The summed E-state index contributed by atoms with van der Waals surface area (Å²) in [6.45, 7) is 9.69. The monoisotopic (exact) mass is 492 g/mol. The smallest absolute Gasteiger partial charge is 0.417 e. The molecule has 1 aromatic carbocycles. The number of rotatable bonds is 5. The van der Waals surface area contributed by atoms with Crippen molar-refractivity contribution in [3.63, 3.8) is 0 Å². The van der Waals surface area contributed by atoms with E-state index in [1.54, 1.807) is 59.7 Å². The molecule has 2 rings (SSSR count). The second-order valence-corrected chi connectivity index (χ2v) is 9.90. The van der Waals surface area contributed by atoms with Gasteiger partial charge in [-0.05, 0) is 53.7 Å². The van der Waals surface area contributed by atoms with Crippen molar-refractivity contribution in [3.8, 4) is 0 Å². The first-order chi connectivity index (χ1) is 16.1. The van der Waals surface area contributed by atoms with Crippen LogP contribution in [0.1, 0.15) is 58.3 Å². The molecular weight excluding hydrogens is 460 g/mol. The maximum absolute atomic E-state index is 13.2. The molecule has 0 radical (unpaired) electrons. The average Bonchev–Trinajstić information content (AvgIpc) is 3.05. The summed E-state index contributed by atoms with van der Waals surface area (Å²) in [6.07, 6.45) is -3.72. The van der Waals surface area contributed by atoms with Crippen molar-refractivity contribution in [2.24, 2.45) is 0 Å². The number of amides is 3. The van der Waals surface area contributed by atoms with Crippen LogP contribution in [0.2, 0.25) is 0 Å². The molecule has 1 N–H and O–H groups in total.